The second kappa shape index (κ2) is 8.24. The lowest BCUT2D eigenvalue weighted by Crippen LogP contribution is -2.26. The summed E-state index contributed by atoms with van der Waals surface area (Å²) in [6.45, 7) is 2.90. The molecule has 0 unspecified atom stereocenters. The summed E-state index contributed by atoms with van der Waals surface area (Å²) in [4.78, 5) is 25.2. The molecule has 8 nitrogen and oxygen atoms in total. The van der Waals surface area contributed by atoms with Crippen LogP contribution in [0, 0.1) is 5.82 Å². The Bertz CT molecular complexity index is 1140. The van der Waals surface area contributed by atoms with Crippen molar-refractivity contribution >= 4 is 11.6 Å². The van der Waals surface area contributed by atoms with Gasteiger partial charge in [-0.15, -0.1) is 0 Å². The molecule has 0 atom stereocenters. The van der Waals surface area contributed by atoms with Crippen LogP contribution in [0.1, 0.15) is 17.4 Å². The van der Waals surface area contributed by atoms with E-state index in [0.717, 1.165) is 0 Å². The monoisotopic (exact) mass is 411 g/mol. The lowest BCUT2D eigenvalue weighted by Gasteiger charge is -2.19. The average molecular weight is 411 g/mol. The number of nitrogens with one attached hydrogen (secondary N) is 1. The van der Waals surface area contributed by atoms with E-state index in [1.54, 1.807) is 25.1 Å². The summed E-state index contributed by atoms with van der Waals surface area (Å²) in [6.07, 6.45) is 0. The highest BCUT2D eigenvalue weighted by Crippen LogP contribution is 2.32. The number of carbonyl (C=O) groups excluding carboxylic acids is 1. The van der Waals surface area contributed by atoms with E-state index in [0.29, 0.717) is 36.1 Å². The van der Waals surface area contributed by atoms with Gasteiger partial charge in [-0.05, 0) is 43.3 Å². The second-order valence-corrected chi connectivity index (χ2v) is 6.33. The Morgan fingerprint density at radius 2 is 1.87 bits per heavy atom. The fraction of sp³-hybridized carbons (Fsp3) is 0.190. The van der Waals surface area contributed by atoms with Crippen LogP contribution in [0.4, 0.5) is 10.1 Å². The number of aromatic nitrogens is 2. The molecule has 30 heavy (non-hydrogen) atoms. The minimum atomic E-state index is -0.699. The van der Waals surface area contributed by atoms with Crippen LogP contribution >= 0.6 is 0 Å². The summed E-state index contributed by atoms with van der Waals surface area (Å²) in [7, 11) is 0. The molecule has 1 aliphatic rings. The highest BCUT2D eigenvalue weighted by atomic mass is 19.1. The van der Waals surface area contributed by atoms with Gasteiger partial charge in [-0.3, -0.25) is 9.59 Å². The fourth-order valence-corrected chi connectivity index (χ4v) is 2.93. The van der Waals surface area contributed by atoms with E-state index in [1.807, 2.05) is 0 Å². The topological polar surface area (TPSA) is 91.7 Å². The first-order valence-corrected chi connectivity index (χ1v) is 9.29. The summed E-state index contributed by atoms with van der Waals surface area (Å²) < 4.78 is 31.0. The first-order chi connectivity index (χ1) is 14.5. The molecule has 1 aromatic heterocycles. The number of hydrogen-bond acceptors (Lipinski definition) is 6. The van der Waals surface area contributed by atoms with Crippen LogP contribution in [0.3, 0.4) is 0 Å². The lowest BCUT2D eigenvalue weighted by atomic mass is 10.2. The van der Waals surface area contributed by atoms with Gasteiger partial charge in [0.1, 0.15) is 19.0 Å². The molecule has 0 saturated carbocycles. The maximum atomic E-state index is 13.3. The molecule has 2 heterocycles. The summed E-state index contributed by atoms with van der Waals surface area (Å²) in [6, 6.07) is 11.5. The summed E-state index contributed by atoms with van der Waals surface area (Å²) >= 11 is 0. The minimum Gasteiger partial charge on any atom is -0.486 e. The smallest absolute Gasteiger partial charge is 0.280 e. The molecule has 0 saturated heterocycles. The Morgan fingerprint density at radius 1 is 1.13 bits per heavy atom. The second-order valence-electron chi connectivity index (χ2n) is 6.33. The van der Waals surface area contributed by atoms with Gasteiger partial charge in [-0.25, -0.2) is 9.07 Å². The highest BCUT2D eigenvalue weighted by Gasteiger charge is 2.19. The number of nitrogens with zero attached hydrogens (tertiary/aromatic N) is 2. The molecule has 3 aromatic rings. The third-order valence-corrected chi connectivity index (χ3v) is 4.28. The van der Waals surface area contributed by atoms with Gasteiger partial charge >= 0.3 is 0 Å². The Morgan fingerprint density at radius 3 is 2.60 bits per heavy atom. The molecular formula is C21H18FN3O5. The summed E-state index contributed by atoms with van der Waals surface area (Å²) in [5.41, 5.74) is -0.0783. The zero-order valence-electron chi connectivity index (χ0n) is 16.1. The lowest BCUT2D eigenvalue weighted by molar-refractivity contribution is 0.101. The van der Waals surface area contributed by atoms with Crippen LogP contribution in [0.25, 0.3) is 5.69 Å². The van der Waals surface area contributed by atoms with Crippen LogP contribution in [0.2, 0.25) is 0 Å². The van der Waals surface area contributed by atoms with Crippen molar-refractivity contribution in [2.24, 2.45) is 0 Å². The first kappa shape index (κ1) is 19.4. The van der Waals surface area contributed by atoms with Gasteiger partial charge in [-0.1, -0.05) is 0 Å². The number of amides is 1. The van der Waals surface area contributed by atoms with Gasteiger partial charge in [-0.2, -0.15) is 5.10 Å². The quantitative estimate of drug-likeness (QED) is 0.694. The molecule has 1 amide bonds. The van der Waals surface area contributed by atoms with Gasteiger partial charge in [0, 0.05) is 11.8 Å². The molecule has 0 aliphatic carbocycles. The molecule has 1 aliphatic heterocycles. The zero-order chi connectivity index (χ0) is 21.1. The average Bonchev–Trinajstić information content (AvgIpc) is 2.75. The van der Waals surface area contributed by atoms with E-state index in [2.05, 4.69) is 10.4 Å². The fourth-order valence-electron chi connectivity index (χ4n) is 2.93. The number of carbonyl (C=O) groups is 1. The van der Waals surface area contributed by atoms with Crippen LogP contribution in [-0.4, -0.2) is 35.5 Å². The van der Waals surface area contributed by atoms with E-state index < -0.39 is 17.2 Å². The van der Waals surface area contributed by atoms with E-state index in [1.165, 1.54) is 35.0 Å². The normalized spacial score (nSPS) is 12.3. The highest BCUT2D eigenvalue weighted by molar-refractivity contribution is 6.02. The molecule has 0 spiro atoms. The number of rotatable bonds is 5. The predicted octanol–water partition coefficient (Wildman–Crippen LogP) is 2.79. The molecule has 0 bridgehead atoms. The molecule has 4 rings (SSSR count). The van der Waals surface area contributed by atoms with Gasteiger partial charge < -0.3 is 19.5 Å². The van der Waals surface area contributed by atoms with E-state index in [9.17, 15) is 14.0 Å². The molecule has 9 heteroatoms. The number of hydrogen-bond donors (Lipinski definition) is 1. The van der Waals surface area contributed by atoms with Crippen molar-refractivity contribution in [1.82, 2.24) is 9.78 Å². The Hall–Kier alpha value is -3.88. The number of anilines is 1. The van der Waals surface area contributed by atoms with Crippen LogP contribution < -0.4 is 25.0 Å². The van der Waals surface area contributed by atoms with Gasteiger partial charge in [0.15, 0.2) is 17.2 Å². The van der Waals surface area contributed by atoms with Crippen molar-refractivity contribution in [2.45, 2.75) is 6.92 Å². The largest absolute Gasteiger partial charge is 0.486 e. The molecule has 154 valence electrons. The Labute approximate surface area is 170 Å². The van der Waals surface area contributed by atoms with Crippen molar-refractivity contribution in [3.8, 4) is 23.1 Å². The summed E-state index contributed by atoms with van der Waals surface area (Å²) in [5.74, 6) is 0.106. The zero-order valence-corrected chi connectivity index (χ0v) is 16.1. The van der Waals surface area contributed by atoms with E-state index in [-0.39, 0.29) is 18.2 Å². The van der Waals surface area contributed by atoms with Crippen LogP contribution in [0.5, 0.6) is 17.4 Å². The Balaban J connectivity index is 1.67. The van der Waals surface area contributed by atoms with Crippen molar-refractivity contribution in [3.05, 3.63) is 70.3 Å². The van der Waals surface area contributed by atoms with Crippen molar-refractivity contribution in [1.29, 1.82) is 0 Å². The number of halogens is 1. The predicted molar refractivity (Wildman–Crippen MR) is 106 cm³/mol. The molecule has 2 aromatic carbocycles. The number of benzene rings is 2. The molecule has 1 N–H and O–H groups in total. The van der Waals surface area contributed by atoms with E-state index in [4.69, 9.17) is 14.2 Å². The molecular weight excluding hydrogens is 393 g/mol. The van der Waals surface area contributed by atoms with Crippen molar-refractivity contribution in [2.75, 3.05) is 25.1 Å². The van der Waals surface area contributed by atoms with Crippen LogP contribution in [-0.2, 0) is 0 Å². The number of fused-ring (bicyclic) bond motifs is 1. The van der Waals surface area contributed by atoms with E-state index >= 15 is 0 Å². The number of ether oxygens (including phenoxy) is 3. The minimum absolute atomic E-state index is 0.144. The van der Waals surface area contributed by atoms with Crippen LogP contribution in [0.15, 0.2) is 53.3 Å². The standard InChI is InChI=1S/C21H18FN3O5/c1-2-28-19-12-16(26)20(24-25(19)15-6-3-13(22)4-7-15)21(27)23-14-5-8-17-18(11-14)30-10-9-29-17/h3-8,11-12H,2,9-10H2,1H3,(H,23,27). The molecule has 0 radical (unpaired) electrons. The van der Waals surface area contributed by atoms with Gasteiger partial charge in [0.05, 0.1) is 18.4 Å². The van der Waals surface area contributed by atoms with Crippen molar-refractivity contribution < 1.29 is 23.4 Å². The van der Waals surface area contributed by atoms with Gasteiger partial charge in [0.2, 0.25) is 11.3 Å². The third-order valence-electron chi connectivity index (χ3n) is 4.28. The maximum absolute atomic E-state index is 13.3. The maximum Gasteiger partial charge on any atom is 0.280 e. The summed E-state index contributed by atoms with van der Waals surface area (Å²) in [5, 5.41) is 6.80. The Kier molecular flexibility index (Phi) is 5.34. The SMILES string of the molecule is CCOc1cc(=O)c(C(=O)Nc2ccc3c(c2)OCCO3)nn1-c1ccc(F)cc1. The first-order valence-electron chi connectivity index (χ1n) is 9.29. The van der Waals surface area contributed by atoms with Crippen molar-refractivity contribution in [3.63, 3.8) is 0 Å². The van der Waals surface area contributed by atoms with Gasteiger partial charge in [0.25, 0.3) is 5.91 Å². The third kappa shape index (κ3) is 3.95. The molecule has 0 fully saturated rings.